The molecule has 6 heterocycles. The average molecular weight is 375 g/mol. The molecule has 144 valence electrons. The van der Waals surface area contributed by atoms with Crippen LogP contribution in [-0.4, -0.2) is 51.7 Å². The summed E-state index contributed by atoms with van der Waals surface area (Å²) in [6, 6.07) is 12.1. The maximum absolute atomic E-state index is 5.50. The zero-order valence-electron chi connectivity index (χ0n) is 16.4. The molecule has 2 aromatic heterocycles. The molecule has 4 aliphatic heterocycles. The van der Waals surface area contributed by atoms with Gasteiger partial charge in [0.2, 0.25) is 0 Å². The molecular weight excluding hydrogens is 350 g/mol. The van der Waals surface area contributed by atoms with E-state index in [-0.39, 0.29) is 0 Å². The van der Waals surface area contributed by atoms with Crippen LogP contribution >= 0.6 is 0 Å². The lowest BCUT2D eigenvalue weighted by molar-refractivity contribution is 0.0355. The van der Waals surface area contributed by atoms with E-state index in [9.17, 15) is 0 Å². The minimum absolute atomic E-state index is 0.500. The lowest BCUT2D eigenvalue weighted by Gasteiger charge is -2.51. The summed E-state index contributed by atoms with van der Waals surface area (Å²) in [5.74, 6) is 3.00. The van der Waals surface area contributed by atoms with Crippen molar-refractivity contribution in [3.63, 3.8) is 0 Å². The molecule has 3 atom stereocenters. The number of piperidine rings is 3. The van der Waals surface area contributed by atoms with Crippen LogP contribution in [0.15, 0.2) is 34.9 Å². The monoisotopic (exact) mass is 375 g/mol. The molecule has 0 radical (unpaired) electrons. The Morgan fingerprint density at radius 2 is 1.79 bits per heavy atom. The van der Waals surface area contributed by atoms with Gasteiger partial charge in [0, 0.05) is 24.5 Å². The number of fused-ring (bicyclic) bond motifs is 3. The number of hydrogen-bond donors (Lipinski definition) is 0. The molecule has 0 amide bonds. The molecule has 0 saturated carbocycles. The Hall–Kier alpha value is -2.47. The maximum atomic E-state index is 5.50. The number of nitrogens with zero attached hydrogens (tertiary/aromatic N) is 5. The van der Waals surface area contributed by atoms with E-state index in [0.717, 1.165) is 35.2 Å². The Labute approximate surface area is 164 Å². The lowest BCUT2D eigenvalue weighted by atomic mass is 9.75. The predicted octanol–water partition coefficient (Wildman–Crippen LogP) is 3.30. The van der Waals surface area contributed by atoms with Gasteiger partial charge in [-0.25, -0.2) is 4.98 Å². The summed E-state index contributed by atoms with van der Waals surface area (Å²) < 4.78 is 5.50. The van der Waals surface area contributed by atoms with Crippen LogP contribution in [0, 0.1) is 19.8 Å². The fraction of sp³-hybridized carbons (Fsp3) is 0.500. The first-order valence-corrected chi connectivity index (χ1v) is 10.4. The highest BCUT2D eigenvalue weighted by atomic mass is 16.5. The highest BCUT2D eigenvalue weighted by Gasteiger charge is 2.54. The summed E-state index contributed by atoms with van der Waals surface area (Å²) in [6.07, 6.45) is 2.57. The van der Waals surface area contributed by atoms with E-state index in [4.69, 9.17) is 9.51 Å². The second kappa shape index (κ2) is 6.01. The minimum Gasteiger partial charge on any atom is -0.350 e. The van der Waals surface area contributed by atoms with Crippen molar-refractivity contribution in [1.82, 2.24) is 20.0 Å². The number of rotatable bonds is 2. The zero-order chi connectivity index (χ0) is 18.8. The fourth-order valence-electron chi connectivity index (χ4n) is 5.94. The van der Waals surface area contributed by atoms with Gasteiger partial charge in [0.1, 0.15) is 17.0 Å². The van der Waals surface area contributed by atoms with E-state index in [1.807, 2.05) is 13.8 Å². The van der Waals surface area contributed by atoms with Crippen molar-refractivity contribution in [3.8, 4) is 0 Å². The average Bonchev–Trinajstić information content (AvgIpc) is 3.32. The van der Waals surface area contributed by atoms with E-state index in [1.165, 1.54) is 31.5 Å². The molecule has 1 aromatic carbocycles. The maximum Gasteiger partial charge on any atom is 0.263 e. The van der Waals surface area contributed by atoms with Crippen LogP contribution in [0.25, 0.3) is 11.1 Å². The third kappa shape index (κ3) is 2.27. The van der Waals surface area contributed by atoms with Crippen LogP contribution in [0.1, 0.15) is 35.8 Å². The summed E-state index contributed by atoms with van der Waals surface area (Å²) in [4.78, 5) is 14.7. The van der Waals surface area contributed by atoms with Crippen LogP contribution in [-0.2, 0) is 0 Å². The van der Waals surface area contributed by atoms with Crippen molar-refractivity contribution in [2.75, 3.05) is 24.5 Å². The normalized spacial score (nSPS) is 31.5. The lowest BCUT2D eigenvalue weighted by Crippen LogP contribution is -2.60. The van der Waals surface area contributed by atoms with Crippen LogP contribution in [0.4, 0.5) is 5.82 Å². The van der Waals surface area contributed by atoms with Gasteiger partial charge >= 0.3 is 0 Å². The molecule has 6 heteroatoms. The third-order valence-corrected chi connectivity index (χ3v) is 7.09. The van der Waals surface area contributed by atoms with E-state index in [1.54, 1.807) is 0 Å². The molecule has 6 nitrogen and oxygen atoms in total. The second-order valence-electron chi connectivity index (χ2n) is 8.57. The molecular formula is C22H25N5O. The molecule has 4 saturated heterocycles. The highest BCUT2D eigenvalue weighted by molar-refractivity contribution is 5.88. The molecule has 28 heavy (non-hydrogen) atoms. The van der Waals surface area contributed by atoms with Gasteiger partial charge in [-0.3, -0.25) is 4.90 Å². The van der Waals surface area contributed by atoms with Crippen LogP contribution in [0.3, 0.4) is 0 Å². The molecule has 2 bridgehead atoms. The summed E-state index contributed by atoms with van der Waals surface area (Å²) in [6.45, 7) is 7.38. The standard InChI is InChI=1S/C22H25N5O/c1-13-18-21(23-14(2)24-22(18)28-25-13)27-12-17(15-6-4-3-5-7-15)20-19(27)16-8-10-26(20)11-9-16/h3-7,16-17,19-20H,8-12H2,1-2H3/t17-,19+,20+/m0/s1. The number of aromatic nitrogens is 3. The first-order valence-electron chi connectivity index (χ1n) is 10.4. The van der Waals surface area contributed by atoms with Crippen molar-refractivity contribution >= 4 is 16.9 Å². The first-order chi connectivity index (χ1) is 13.7. The Balaban J connectivity index is 1.52. The largest absolute Gasteiger partial charge is 0.350 e. The Kier molecular flexibility index (Phi) is 3.54. The van der Waals surface area contributed by atoms with E-state index < -0.39 is 0 Å². The van der Waals surface area contributed by atoms with Gasteiger partial charge in [-0.05, 0) is 51.3 Å². The third-order valence-electron chi connectivity index (χ3n) is 7.09. The molecule has 3 aromatic rings. The number of anilines is 1. The number of hydrogen-bond acceptors (Lipinski definition) is 6. The molecule has 0 N–H and O–H groups in total. The highest BCUT2D eigenvalue weighted by Crippen LogP contribution is 2.48. The van der Waals surface area contributed by atoms with Crippen molar-refractivity contribution < 1.29 is 4.52 Å². The van der Waals surface area contributed by atoms with Crippen molar-refractivity contribution in [3.05, 3.63) is 47.4 Å². The zero-order valence-corrected chi connectivity index (χ0v) is 16.4. The van der Waals surface area contributed by atoms with Crippen LogP contribution < -0.4 is 4.90 Å². The molecule has 0 spiro atoms. The molecule has 0 unspecified atom stereocenters. The Morgan fingerprint density at radius 3 is 2.57 bits per heavy atom. The molecule has 7 rings (SSSR count). The summed E-state index contributed by atoms with van der Waals surface area (Å²) in [5.41, 5.74) is 2.93. The van der Waals surface area contributed by atoms with E-state index in [0.29, 0.717) is 23.7 Å². The Bertz CT molecular complexity index is 1020. The van der Waals surface area contributed by atoms with Gasteiger partial charge in [-0.15, -0.1) is 0 Å². The smallest absolute Gasteiger partial charge is 0.263 e. The summed E-state index contributed by atoms with van der Waals surface area (Å²) in [7, 11) is 0. The topological polar surface area (TPSA) is 58.3 Å². The van der Waals surface area contributed by atoms with Gasteiger partial charge in [-0.1, -0.05) is 35.5 Å². The summed E-state index contributed by atoms with van der Waals surface area (Å²) >= 11 is 0. The van der Waals surface area contributed by atoms with Crippen molar-refractivity contribution in [1.29, 1.82) is 0 Å². The quantitative estimate of drug-likeness (QED) is 0.685. The first kappa shape index (κ1) is 16.5. The van der Waals surface area contributed by atoms with Crippen LogP contribution in [0.5, 0.6) is 0 Å². The number of aryl methyl sites for hydroxylation is 2. The van der Waals surface area contributed by atoms with E-state index in [2.05, 4.69) is 50.3 Å². The van der Waals surface area contributed by atoms with E-state index >= 15 is 0 Å². The minimum atomic E-state index is 0.500. The van der Waals surface area contributed by atoms with Crippen LogP contribution in [0.2, 0.25) is 0 Å². The summed E-state index contributed by atoms with van der Waals surface area (Å²) in [5, 5.41) is 5.16. The number of benzene rings is 1. The van der Waals surface area contributed by atoms with Gasteiger partial charge in [0.25, 0.3) is 5.71 Å². The van der Waals surface area contributed by atoms with Gasteiger partial charge < -0.3 is 9.42 Å². The second-order valence-corrected chi connectivity index (χ2v) is 8.57. The van der Waals surface area contributed by atoms with Gasteiger partial charge in [0.15, 0.2) is 0 Å². The predicted molar refractivity (Wildman–Crippen MR) is 107 cm³/mol. The van der Waals surface area contributed by atoms with Gasteiger partial charge in [0.05, 0.1) is 5.69 Å². The Morgan fingerprint density at radius 1 is 1.00 bits per heavy atom. The SMILES string of the molecule is Cc1nc(N2C[C@@H](c3ccccc3)[C@@H]3[C@H]2C2CCN3CC2)c2c(C)noc2n1. The van der Waals surface area contributed by atoms with Crippen molar-refractivity contribution in [2.45, 2.75) is 44.7 Å². The fourth-order valence-corrected chi connectivity index (χ4v) is 5.94. The molecule has 4 fully saturated rings. The molecule has 4 aliphatic rings. The van der Waals surface area contributed by atoms with Gasteiger partial charge in [-0.2, -0.15) is 4.98 Å². The van der Waals surface area contributed by atoms with Crippen molar-refractivity contribution in [2.24, 2.45) is 5.92 Å². The molecule has 0 aliphatic carbocycles.